The Labute approximate surface area is 192 Å². The highest BCUT2D eigenvalue weighted by Gasteiger charge is 2.17. The molecule has 3 aromatic rings. The van der Waals surface area contributed by atoms with E-state index < -0.39 is 6.10 Å². The van der Waals surface area contributed by atoms with Crippen LogP contribution in [0, 0.1) is 6.92 Å². The highest BCUT2D eigenvalue weighted by molar-refractivity contribution is 6.30. The lowest BCUT2D eigenvalue weighted by molar-refractivity contribution is -0.122. The third kappa shape index (κ3) is 6.02. The molecule has 6 nitrogen and oxygen atoms in total. The van der Waals surface area contributed by atoms with Gasteiger partial charge in [0.25, 0.3) is 11.8 Å². The van der Waals surface area contributed by atoms with Crippen molar-refractivity contribution in [3.8, 4) is 11.5 Å². The van der Waals surface area contributed by atoms with Gasteiger partial charge < -0.3 is 20.1 Å². The lowest BCUT2D eigenvalue weighted by Gasteiger charge is -2.16. The van der Waals surface area contributed by atoms with Crippen LogP contribution in [0.25, 0.3) is 0 Å². The lowest BCUT2D eigenvalue weighted by Crippen LogP contribution is -2.30. The number of anilines is 2. The van der Waals surface area contributed by atoms with Crippen LogP contribution >= 0.6 is 11.6 Å². The predicted octanol–water partition coefficient (Wildman–Crippen LogP) is 5.71. The minimum absolute atomic E-state index is 0.250. The molecule has 32 heavy (non-hydrogen) atoms. The van der Waals surface area contributed by atoms with Gasteiger partial charge >= 0.3 is 0 Å². The molecule has 7 heteroatoms. The maximum Gasteiger partial charge on any atom is 0.265 e. The van der Waals surface area contributed by atoms with Crippen LogP contribution in [0.4, 0.5) is 11.4 Å². The van der Waals surface area contributed by atoms with Crippen molar-refractivity contribution in [1.82, 2.24) is 0 Å². The fourth-order valence-electron chi connectivity index (χ4n) is 2.99. The smallest absolute Gasteiger partial charge is 0.265 e. The van der Waals surface area contributed by atoms with Crippen molar-refractivity contribution >= 4 is 34.8 Å². The van der Waals surface area contributed by atoms with Gasteiger partial charge in [-0.25, -0.2) is 0 Å². The molecular weight excluding hydrogens is 428 g/mol. The van der Waals surface area contributed by atoms with Crippen molar-refractivity contribution < 1.29 is 19.1 Å². The van der Waals surface area contributed by atoms with Crippen molar-refractivity contribution in [3.05, 3.63) is 82.9 Å². The topological polar surface area (TPSA) is 76.7 Å². The maximum atomic E-state index is 12.5. The molecule has 0 aliphatic rings. The van der Waals surface area contributed by atoms with Crippen molar-refractivity contribution in [3.63, 3.8) is 0 Å². The molecule has 1 unspecified atom stereocenters. The highest BCUT2D eigenvalue weighted by Crippen LogP contribution is 2.24. The average Bonchev–Trinajstić information content (AvgIpc) is 2.77. The molecule has 3 aromatic carbocycles. The first-order valence-electron chi connectivity index (χ1n) is 10.2. The van der Waals surface area contributed by atoms with E-state index >= 15 is 0 Å². The summed E-state index contributed by atoms with van der Waals surface area (Å²) in [7, 11) is 0. The SMILES string of the molecule is CCOc1ccccc1NC(=O)C(C)Oc1ccc(C(=O)Nc2ccc(Cl)cc2C)cc1. The number of benzene rings is 3. The molecule has 0 heterocycles. The second kappa shape index (κ2) is 10.7. The Bertz CT molecular complexity index is 1100. The summed E-state index contributed by atoms with van der Waals surface area (Å²) in [5.41, 5.74) is 2.61. The van der Waals surface area contributed by atoms with Gasteiger partial charge in [-0.15, -0.1) is 0 Å². The zero-order chi connectivity index (χ0) is 23.1. The number of rotatable bonds is 8. The molecule has 0 saturated carbocycles. The number of carbonyl (C=O) groups is 2. The van der Waals surface area contributed by atoms with Crippen LogP contribution in [0.1, 0.15) is 29.8 Å². The van der Waals surface area contributed by atoms with Gasteiger partial charge in [-0.2, -0.15) is 0 Å². The molecule has 0 bridgehead atoms. The van der Waals surface area contributed by atoms with Gasteiger partial charge in [0.05, 0.1) is 12.3 Å². The third-order valence-corrected chi connectivity index (χ3v) is 4.92. The number of amides is 2. The Balaban J connectivity index is 1.60. The van der Waals surface area contributed by atoms with Gasteiger partial charge in [0.2, 0.25) is 0 Å². The molecular formula is C25H25ClN2O4. The molecule has 0 radical (unpaired) electrons. The van der Waals surface area contributed by atoms with Gasteiger partial charge in [-0.05, 0) is 80.9 Å². The Morgan fingerprint density at radius 2 is 1.69 bits per heavy atom. The largest absolute Gasteiger partial charge is 0.492 e. The van der Waals surface area contributed by atoms with Crippen LogP contribution in [0.2, 0.25) is 5.02 Å². The van der Waals surface area contributed by atoms with Crippen LogP contribution in [0.15, 0.2) is 66.7 Å². The van der Waals surface area contributed by atoms with Crippen molar-refractivity contribution in [2.24, 2.45) is 0 Å². The molecule has 2 N–H and O–H groups in total. The Morgan fingerprint density at radius 3 is 2.38 bits per heavy atom. The highest BCUT2D eigenvalue weighted by atomic mass is 35.5. The van der Waals surface area contributed by atoms with E-state index in [0.29, 0.717) is 40.1 Å². The zero-order valence-electron chi connectivity index (χ0n) is 18.1. The van der Waals surface area contributed by atoms with E-state index in [2.05, 4.69) is 10.6 Å². The summed E-state index contributed by atoms with van der Waals surface area (Å²) in [5, 5.41) is 6.29. The maximum absolute atomic E-state index is 12.5. The van der Waals surface area contributed by atoms with Gasteiger partial charge in [0.1, 0.15) is 11.5 Å². The van der Waals surface area contributed by atoms with E-state index in [1.165, 1.54) is 0 Å². The van der Waals surface area contributed by atoms with Gasteiger partial charge in [0, 0.05) is 16.3 Å². The normalized spacial score (nSPS) is 11.4. The first-order valence-corrected chi connectivity index (χ1v) is 10.6. The van der Waals surface area contributed by atoms with E-state index in [4.69, 9.17) is 21.1 Å². The van der Waals surface area contributed by atoms with Crippen LogP contribution in [-0.4, -0.2) is 24.5 Å². The number of para-hydroxylation sites is 2. The molecule has 3 rings (SSSR count). The predicted molar refractivity (Wildman–Crippen MR) is 127 cm³/mol. The monoisotopic (exact) mass is 452 g/mol. The third-order valence-electron chi connectivity index (χ3n) is 4.68. The molecule has 0 aromatic heterocycles. The summed E-state index contributed by atoms with van der Waals surface area (Å²) in [4.78, 5) is 25.1. The fourth-order valence-corrected chi connectivity index (χ4v) is 3.22. The minimum atomic E-state index is -0.749. The van der Waals surface area contributed by atoms with Crippen LogP contribution in [-0.2, 0) is 4.79 Å². The van der Waals surface area contributed by atoms with Crippen molar-refractivity contribution in [2.75, 3.05) is 17.2 Å². The van der Waals surface area contributed by atoms with Crippen LogP contribution in [0.5, 0.6) is 11.5 Å². The van der Waals surface area contributed by atoms with E-state index in [1.807, 2.05) is 26.0 Å². The number of hydrogen-bond donors (Lipinski definition) is 2. The first kappa shape index (κ1) is 23.2. The number of ether oxygens (including phenoxy) is 2. The van der Waals surface area contributed by atoms with E-state index in [0.717, 1.165) is 5.56 Å². The van der Waals surface area contributed by atoms with Crippen molar-refractivity contribution in [2.45, 2.75) is 26.9 Å². The second-order valence-corrected chi connectivity index (χ2v) is 7.55. The Kier molecular flexibility index (Phi) is 7.73. The summed E-state index contributed by atoms with van der Waals surface area (Å²) in [6.45, 7) is 5.90. The molecule has 0 fully saturated rings. The molecule has 0 aliphatic carbocycles. The molecule has 0 spiro atoms. The summed E-state index contributed by atoms with van der Waals surface area (Å²) in [6.07, 6.45) is -0.749. The zero-order valence-corrected chi connectivity index (χ0v) is 18.9. The summed E-state index contributed by atoms with van der Waals surface area (Å²) >= 11 is 5.96. The minimum Gasteiger partial charge on any atom is -0.492 e. The number of nitrogens with one attached hydrogen (secondary N) is 2. The quantitative estimate of drug-likeness (QED) is 0.459. The summed E-state index contributed by atoms with van der Waals surface area (Å²) in [6, 6.07) is 19.1. The Hall–Kier alpha value is -3.51. The molecule has 0 saturated heterocycles. The van der Waals surface area contributed by atoms with E-state index in [9.17, 15) is 9.59 Å². The number of carbonyl (C=O) groups excluding carboxylic acids is 2. The average molecular weight is 453 g/mol. The number of halogens is 1. The van der Waals surface area contributed by atoms with E-state index in [1.54, 1.807) is 61.5 Å². The second-order valence-electron chi connectivity index (χ2n) is 7.12. The lowest BCUT2D eigenvalue weighted by atomic mass is 10.1. The fraction of sp³-hybridized carbons (Fsp3) is 0.200. The first-order chi connectivity index (χ1) is 15.4. The standard InChI is InChI=1S/C25H25ClN2O4/c1-4-31-23-8-6-5-7-22(23)28-24(29)17(3)32-20-12-9-18(10-13-20)25(30)27-21-14-11-19(26)15-16(21)2/h5-15,17H,4H2,1-3H3,(H,27,30)(H,28,29). The van der Waals surface area contributed by atoms with Gasteiger partial charge in [0.15, 0.2) is 6.10 Å². The van der Waals surface area contributed by atoms with Gasteiger partial charge in [-0.3, -0.25) is 9.59 Å². The summed E-state index contributed by atoms with van der Waals surface area (Å²) < 4.78 is 11.3. The number of aryl methyl sites for hydroxylation is 1. The molecule has 1 atom stereocenters. The molecule has 0 aliphatic heterocycles. The Morgan fingerprint density at radius 1 is 0.969 bits per heavy atom. The van der Waals surface area contributed by atoms with Crippen LogP contribution in [0.3, 0.4) is 0 Å². The summed E-state index contributed by atoms with van der Waals surface area (Å²) in [5.74, 6) is 0.518. The van der Waals surface area contributed by atoms with Gasteiger partial charge in [-0.1, -0.05) is 23.7 Å². The van der Waals surface area contributed by atoms with E-state index in [-0.39, 0.29) is 11.8 Å². The van der Waals surface area contributed by atoms with Crippen molar-refractivity contribution in [1.29, 1.82) is 0 Å². The molecule has 2 amide bonds. The molecule has 166 valence electrons. The van der Waals surface area contributed by atoms with Crippen LogP contribution < -0.4 is 20.1 Å². The number of hydrogen-bond acceptors (Lipinski definition) is 4.